The number of benzene rings is 1. The van der Waals surface area contributed by atoms with Crippen LogP contribution in [0.4, 0.5) is 0 Å². The van der Waals surface area contributed by atoms with Gasteiger partial charge >= 0.3 is 0 Å². The smallest absolute Gasteiger partial charge is 0.225 e. The van der Waals surface area contributed by atoms with Crippen molar-refractivity contribution in [2.24, 2.45) is 11.7 Å². The summed E-state index contributed by atoms with van der Waals surface area (Å²) in [6.45, 7) is 5.14. The molecule has 4 nitrogen and oxygen atoms in total. The summed E-state index contributed by atoms with van der Waals surface area (Å²) in [6, 6.07) is 10.9. The van der Waals surface area contributed by atoms with E-state index in [4.69, 9.17) is 5.73 Å². The lowest BCUT2D eigenvalue weighted by atomic mass is 9.74. The molecule has 2 fully saturated rings. The Morgan fingerprint density at radius 2 is 1.81 bits per heavy atom. The molecule has 2 atom stereocenters. The van der Waals surface area contributed by atoms with Gasteiger partial charge in [-0.1, -0.05) is 43.2 Å². The molecule has 0 bridgehead atoms. The van der Waals surface area contributed by atoms with Crippen LogP contribution in [0.15, 0.2) is 30.3 Å². The monoisotopic (exact) mass is 401 g/mol. The van der Waals surface area contributed by atoms with E-state index >= 15 is 0 Å². The molecule has 0 aromatic heterocycles. The Labute approximate surface area is 170 Å². The molecule has 1 aromatic rings. The topological polar surface area (TPSA) is 58.4 Å². The zero-order valence-electron chi connectivity index (χ0n) is 15.7. The first kappa shape index (κ1) is 23.2. The van der Waals surface area contributed by atoms with Crippen LogP contribution in [-0.4, -0.2) is 35.5 Å². The first-order valence-corrected chi connectivity index (χ1v) is 9.40. The third-order valence-electron chi connectivity index (χ3n) is 5.75. The number of nitrogens with two attached hydrogens (primary N) is 1. The predicted molar refractivity (Wildman–Crippen MR) is 112 cm³/mol. The van der Waals surface area contributed by atoms with E-state index in [2.05, 4.69) is 40.5 Å². The van der Waals surface area contributed by atoms with Crippen molar-refractivity contribution in [3.63, 3.8) is 0 Å². The van der Waals surface area contributed by atoms with Crippen LogP contribution in [0.25, 0.3) is 0 Å². The molecule has 1 amide bonds. The average molecular weight is 402 g/mol. The molecule has 0 spiro atoms. The van der Waals surface area contributed by atoms with Crippen LogP contribution in [0.5, 0.6) is 0 Å². The second-order valence-corrected chi connectivity index (χ2v) is 7.85. The van der Waals surface area contributed by atoms with Crippen LogP contribution in [0, 0.1) is 5.92 Å². The molecular weight excluding hydrogens is 369 g/mol. The third-order valence-corrected chi connectivity index (χ3v) is 5.75. The largest absolute Gasteiger partial charge is 0.353 e. The minimum absolute atomic E-state index is 0. The van der Waals surface area contributed by atoms with Crippen molar-refractivity contribution < 1.29 is 4.79 Å². The van der Waals surface area contributed by atoms with E-state index < -0.39 is 0 Å². The number of rotatable bonds is 4. The maximum Gasteiger partial charge on any atom is 0.225 e. The number of carbonyl (C=O) groups is 1. The van der Waals surface area contributed by atoms with Crippen molar-refractivity contribution in [2.75, 3.05) is 13.1 Å². The molecule has 0 radical (unpaired) electrons. The van der Waals surface area contributed by atoms with Crippen molar-refractivity contribution in [3.8, 4) is 0 Å². The number of nitrogens with zero attached hydrogens (tertiary/aromatic N) is 1. The second-order valence-electron chi connectivity index (χ2n) is 7.85. The molecule has 26 heavy (non-hydrogen) atoms. The minimum Gasteiger partial charge on any atom is -0.353 e. The number of hydrogen-bond acceptors (Lipinski definition) is 3. The number of likely N-dealkylation sites (tertiary alicyclic amines) is 1. The maximum absolute atomic E-state index is 12.6. The lowest BCUT2D eigenvalue weighted by molar-refractivity contribution is -0.129. The number of amides is 1. The summed E-state index contributed by atoms with van der Waals surface area (Å²) in [7, 11) is 0. The number of hydrogen-bond donors (Lipinski definition) is 2. The van der Waals surface area contributed by atoms with Crippen LogP contribution in [0.1, 0.15) is 51.0 Å². The van der Waals surface area contributed by atoms with Crippen LogP contribution in [0.3, 0.4) is 0 Å². The summed E-state index contributed by atoms with van der Waals surface area (Å²) in [5.41, 5.74) is 7.39. The van der Waals surface area contributed by atoms with Gasteiger partial charge in [-0.05, 0) is 38.2 Å². The highest BCUT2D eigenvalue weighted by Gasteiger charge is 2.38. The van der Waals surface area contributed by atoms with Crippen molar-refractivity contribution in [3.05, 3.63) is 35.9 Å². The van der Waals surface area contributed by atoms with Gasteiger partial charge in [0.1, 0.15) is 0 Å². The molecule has 1 aromatic carbocycles. The Morgan fingerprint density at radius 3 is 2.42 bits per heavy atom. The lowest BCUT2D eigenvalue weighted by Gasteiger charge is -2.39. The zero-order chi connectivity index (χ0) is 17.0. The van der Waals surface area contributed by atoms with E-state index in [0.717, 1.165) is 58.2 Å². The number of carbonyl (C=O) groups excluding carboxylic acids is 1. The Bertz CT molecular complexity index is 545. The molecule has 1 heterocycles. The van der Waals surface area contributed by atoms with E-state index in [0.29, 0.717) is 6.04 Å². The van der Waals surface area contributed by atoms with E-state index in [9.17, 15) is 4.79 Å². The van der Waals surface area contributed by atoms with Gasteiger partial charge in [-0.3, -0.25) is 9.69 Å². The Morgan fingerprint density at radius 1 is 1.15 bits per heavy atom. The van der Waals surface area contributed by atoms with E-state index in [-0.39, 0.29) is 42.2 Å². The van der Waals surface area contributed by atoms with Crippen LogP contribution in [-0.2, 0) is 11.3 Å². The first-order chi connectivity index (χ1) is 11.5. The van der Waals surface area contributed by atoms with Gasteiger partial charge in [0.05, 0.1) is 5.92 Å². The molecular formula is C20H33Cl2N3O. The van der Waals surface area contributed by atoms with Gasteiger partial charge in [0.15, 0.2) is 0 Å². The summed E-state index contributed by atoms with van der Waals surface area (Å²) in [6.07, 6.45) is 6.24. The summed E-state index contributed by atoms with van der Waals surface area (Å²) in [5.74, 6) is 0.162. The van der Waals surface area contributed by atoms with Crippen molar-refractivity contribution in [2.45, 2.75) is 63.6 Å². The average Bonchev–Trinajstić information content (AvgIpc) is 2.57. The van der Waals surface area contributed by atoms with Gasteiger partial charge in [-0.2, -0.15) is 0 Å². The fraction of sp³-hybridized carbons (Fsp3) is 0.650. The van der Waals surface area contributed by atoms with Crippen LogP contribution in [0.2, 0.25) is 0 Å². The fourth-order valence-corrected chi connectivity index (χ4v) is 4.17. The molecule has 1 aliphatic heterocycles. The molecule has 2 aliphatic rings. The minimum atomic E-state index is -0.337. The van der Waals surface area contributed by atoms with Crippen molar-refractivity contribution in [1.82, 2.24) is 10.2 Å². The molecule has 3 N–H and O–H groups in total. The summed E-state index contributed by atoms with van der Waals surface area (Å²) < 4.78 is 0. The third kappa shape index (κ3) is 6.12. The normalized spacial score (nSPS) is 27.1. The number of piperidine rings is 1. The lowest BCUT2D eigenvalue weighted by Crippen LogP contribution is -2.55. The molecule has 148 valence electrons. The second kappa shape index (κ2) is 10.5. The Balaban J connectivity index is 0.00000169. The molecule has 1 aliphatic carbocycles. The highest BCUT2D eigenvalue weighted by Crippen LogP contribution is 2.32. The van der Waals surface area contributed by atoms with E-state index in [1.807, 2.05) is 6.92 Å². The zero-order valence-corrected chi connectivity index (χ0v) is 17.3. The predicted octanol–water partition coefficient (Wildman–Crippen LogP) is 3.52. The summed E-state index contributed by atoms with van der Waals surface area (Å²) >= 11 is 0. The standard InChI is InChI=1S/C20H31N3O.2ClH/c1-20(21)12-6-5-9-18(20)19(24)22-17-10-13-23(14-11-17)15-16-7-3-2-4-8-16;;/h2-4,7-8,17-18H,5-6,9-15,21H2,1H3,(H,22,24);2*1H. The van der Waals surface area contributed by atoms with Crippen LogP contribution >= 0.6 is 24.8 Å². The molecule has 6 heteroatoms. The number of nitrogens with one attached hydrogen (secondary N) is 1. The fourth-order valence-electron chi connectivity index (χ4n) is 4.17. The molecule has 2 unspecified atom stereocenters. The van der Waals surface area contributed by atoms with Gasteiger partial charge in [0, 0.05) is 31.2 Å². The Kier molecular flexibility index (Phi) is 9.39. The van der Waals surface area contributed by atoms with Crippen molar-refractivity contribution >= 4 is 30.7 Å². The highest BCUT2D eigenvalue weighted by atomic mass is 35.5. The molecule has 3 rings (SSSR count). The van der Waals surface area contributed by atoms with Gasteiger partial charge in [0.25, 0.3) is 0 Å². The Hall–Kier alpha value is -0.810. The summed E-state index contributed by atoms with van der Waals surface area (Å²) in [5, 5.41) is 3.28. The van der Waals surface area contributed by atoms with Gasteiger partial charge in [-0.25, -0.2) is 0 Å². The van der Waals surface area contributed by atoms with Gasteiger partial charge in [0.2, 0.25) is 5.91 Å². The molecule has 1 saturated heterocycles. The van der Waals surface area contributed by atoms with Gasteiger partial charge in [-0.15, -0.1) is 24.8 Å². The van der Waals surface area contributed by atoms with E-state index in [1.165, 1.54) is 5.56 Å². The van der Waals surface area contributed by atoms with Crippen LogP contribution < -0.4 is 11.1 Å². The quantitative estimate of drug-likeness (QED) is 0.810. The summed E-state index contributed by atoms with van der Waals surface area (Å²) in [4.78, 5) is 15.1. The maximum atomic E-state index is 12.6. The van der Waals surface area contributed by atoms with Crippen molar-refractivity contribution in [1.29, 1.82) is 0 Å². The SMILES string of the molecule is CC1(N)CCCCC1C(=O)NC1CCN(Cc2ccccc2)CC1.Cl.Cl. The first-order valence-electron chi connectivity index (χ1n) is 9.40. The number of halogens is 2. The highest BCUT2D eigenvalue weighted by molar-refractivity contribution is 5.85. The molecule has 1 saturated carbocycles. The van der Waals surface area contributed by atoms with Gasteiger partial charge < -0.3 is 11.1 Å². The van der Waals surface area contributed by atoms with E-state index in [1.54, 1.807) is 0 Å².